The molecule has 0 aliphatic carbocycles. The fourth-order valence-corrected chi connectivity index (χ4v) is 13.3. The molecule has 0 aromatic heterocycles. The number of rotatable bonds is 8. The molecule has 0 aromatic rings. The molecule has 0 N–H and O–H groups in total. The molecule has 0 amide bonds. The predicted octanol–water partition coefficient (Wildman–Crippen LogP) is 5.08. The molecule has 0 spiro atoms. The average molecular weight is 247 g/mol. The summed E-state index contributed by atoms with van der Waals surface area (Å²) in [7, 11) is 0. The molecule has 1 radical (unpaired) electrons. The molecule has 0 unspecified atom stereocenters. The van der Waals surface area contributed by atoms with Crippen LogP contribution in [-0.2, 0) is 0 Å². The standard InChI is InChI=1S/C12H28As/c1-5-9-13(10-6-2,11-7-3)12-8-4/h5-12H2,1-4H3. The SMILES string of the molecule is CCC[As](CCC)(CCC)CCC. The Morgan fingerprint density at radius 3 is 0.923 bits per heavy atom. The van der Waals surface area contributed by atoms with Crippen LogP contribution in [0.1, 0.15) is 53.4 Å². The van der Waals surface area contributed by atoms with Gasteiger partial charge >= 0.3 is 87.8 Å². The summed E-state index contributed by atoms with van der Waals surface area (Å²) in [6.45, 7) is 9.49. The van der Waals surface area contributed by atoms with Crippen LogP contribution in [0.5, 0.6) is 0 Å². The first-order valence-electron chi connectivity index (χ1n) is 6.09. The first kappa shape index (κ1) is 13.6. The van der Waals surface area contributed by atoms with Crippen LogP contribution in [0.25, 0.3) is 0 Å². The number of hydrogen-bond acceptors (Lipinski definition) is 0. The molecule has 0 nitrogen and oxygen atoms in total. The van der Waals surface area contributed by atoms with Gasteiger partial charge in [-0.05, 0) is 0 Å². The molecular formula is C12H28As. The van der Waals surface area contributed by atoms with Crippen LogP contribution in [0.15, 0.2) is 0 Å². The van der Waals surface area contributed by atoms with Gasteiger partial charge in [0.15, 0.2) is 0 Å². The van der Waals surface area contributed by atoms with Crippen molar-refractivity contribution in [1.29, 1.82) is 0 Å². The Bertz CT molecular complexity index is 80.2. The van der Waals surface area contributed by atoms with E-state index >= 15 is 0 Å². The van der Waals surface area contributed by atoms with Crippen molar-refractivity contribution >= 4 is 13.6 Å². The zero-order valence-electron chi connectivity index (χ0n) is 10.1. The Balaban J connectivity index is 4.19. The van der Waals surface area contributed by atoms with Gasteiger partial charge in [0.25, 0.3) is 0 Å². The summed E-state index contributed by atoms with van der Waals surface area (Å²) in [6.07, 6.45) is 5.75. The summed E-state index contributed by atoms with van der Waals surface area (Å²) in [5, 5.41) is 6.48. The summed E-state index contributed by atoms with van der Waals surface area (Å²) in [4.78, 5) is 0. The third-order valence-electron chi connectivity index (χ3n) is 2.79. The molecular weight excluding hydrogens is 219 g/mol. The van der Waals surface area contributed by atoms with E-state index in [-0.39, 0.29) is 0 Å². The Hall–Kier alpha value is 0.558. The van der Waals surface area contributed by atoms with E-state index in [1.54, 1.807) is 20.8 Å². The van der Waals surface area contributed by atoms with Crippen molar-refractivity contribution < 1.29 is 0 Å². The van der Waals surface area contributed by atoms with Gasteiger partial charge < -0.3 is 0 Å². The summed E-state index contributed by atoms with van der Waals surface area (Å²) < 4.78 is 0. The van der Waals surface area contributed by atoms with Crippen LogP contribution >= 0.6 is 0 Å². The zero-order chi connectivity index (χ0) is 10.2. The average Bonchev–Trinajstić information content (AvgIpc) is 2.06. The van der Waals surface area contributed by atoms with E-state index in [4.69, 9.17) is 0 Å². The van der Waals surface area contributed by atoms with Gasteiger partial charge in [0.05, 0.1) is 0 Å². The molecule has 0 fully saturated rings. The molecule has 0 saturated heterocycles. The van der Waals surface area contributed by atoms with Crippen LogP contribution < -0.4 is 0 Å². The van der Waals surface area contributed by atoms with Crippen molar-refractivity contribution in [1.82, 2.24) is 0 Å². The molecule has 0 saturated carbocycles. The molecule has 0 rings (SSSR count). The molecule has 0 bridgehead atoms. The van der Waals surface area contributed by atoms with Crippen LogP contribution in [0.3, 0.4) is 0 Å². The van der Waals surface area contributed by atoms with Crippen molar-refractivity contribution in [3.05, 3.63) is 0 Å². The van der Waals surface area contributed by atoms with E-state index in [0.29, 0.717) is 0 Å². The summed E-state index contributed by atoms with van der Waals surface area (Å²) in [5.41, 5.74) is 0. The van der Waals surface area contributed by atoms with E-state index in [1.165, 1.54) is 25.7 Å². The minimum absolute atomic E-state index is 1.15. The van der Waals surface area contributed by atoms with Gasteiger partial charge in [0.2, 0.25) is 0 Å². The second-order valence-electron chi connectivity index (χ2n) is 4.24. The van der Waals surface area contributed by atoms with E-state index in [2.05, 4.69) is 27.7 Å². The van der Waals surface area contributed by atoms with Crippen LogP contribution in [-0.4, -0.2) is 13.6 Å². The van der Waals surface area contributed by atoms with E-state index in [9.17, 15) is 0 Å². The van der Waals surface area contributed by atoms with Crippen LogP contribution in [0.4, 0.5) is 0 Å². The molecule has 0 aliphatic heterocycles. The van der Waals surface area contributed by atoms with E-state index in [1.807, 2.05) is 0 Å². The Kier molecular flexibility index (Phi) is 8.26. The molecule has 0 atom stereocenters. The molecule has 0 aromatic carbocycles. The third-order valence-corrected chi connectivity index (χ3v) is 14.5. The van der Waals surface area contributed by atoms with Gasteiger partial charge in [-0.1, -0.05) is 0 Å². The Morgan fingerprint density at radius 2 is 0.769 bits per heavy atom. The van der Waals surface area contributed by atoms with Gasteiger partial charge in [-0.25, -0.2) is 0 Å². The fourth-order valence-electron chi connectivity index (χ4n) is 2.57. The molecule has 81 valence electrons. The van der Waals surface area contributed by atoms with Gasteiger partial charge in [-0.15, -0.1) is 0 Å². The van der Waals surface area contributed by atoms with Crippen molar-refractivity contribution in [3.63, 3.8) is 0 Å². The quantitative estimate of drug-likeness (QED) is 0.525. The maximum absolute atomic E-state index is 2.37. The summed E-state index contributed by atoms with van der Waals surface area (Å²) in [5.74, 6) is 0. The normalized spacial score (nSPS) is 12.0. The van der Waals surface area contributed by atoms with Gasteiger partial charge in [-0.2, -0.15) is 0 Å². The van der Waals surface area contributed by atoms with Crippen molar-refractivity contribution in [2.24, 2.45) is 0 Å². The molecule has 13 heavy (non-hydrogen) atoms. The topological polar surface area (TPSA) is 0 Å². The van der Waals surface area contributed by atoms with Crippen molar-refractivity contribution in [2.45, 2.75) is 74.2 Å². The fraction of sp³-hybridized carbons (Fsp3) is 1.00. The van der Waals surface area contributed by atoms with Crippen molar-refractivity contribution in [3.8, 4) is 0 Å². The molecule has 1 heteroatoms. The van der Waals surface area contributed by atoms with Crippen LogP contribution in [0, 0.1) is 0 Å². The maximum atomic E-state index is 2.37. The van der Waals surface area contributed by atoms with Crippen LogP contribution in [0.2, 0.25) is 20.8 Å². The minimum atomic E-state index is -1.15. The van der Waals surface area contributed by atoms with Crippen molar-refractivity contribution in [2.75, 3.05) is 0 Å². The Labute approximate surface area is 87.9 Å². The van der Waals surface area contributed by atoms with E-state index < -0.39 is 13.6 Å². The molecule has 0 heterocycles. The summed E-state index contributed by atoms with van der Waals surface area (Å²) in [6, 6.07) is 0. The monoisotopic (exact) mass is 247 g/mol. The summed E-state index contributed by atoms with van der Waals surface area (Å²) >= 11 is -1.15. The van der Waals surface area contributed by atoms with E-state index in [0.717, 1.165) is 0 Å². The Morgan fingerprint density at radius 1 is 0.538 bits per heavy atom. The first-order valence-corrected chi connectivity index (χ1v) is 11.4. The predicted molar refractivity (Wildman–Crippen MR) is 66.1 cm³/mol. The van der Waals surface area contributed by atoms with Gasteiger partial charge in [0, 0.05) is 0 Å². The molecule has 0 aliphatic rings. The number of hydrogen-bond donors (Lipinski definition) is 0. The third kappa shape index (κ3) is 5.11. The second-order valence-corrected chi connectivity index (χ2v) is 13.6. The second kappa shape index (κ2) is 7.92. The first-order chi connectivity index (χ1) is 6.24. The van der Waals surface area contributed by atoms with Gasteiger partial charge in [0.1, 0.15) is 0 Å². The zero-order valence-corrected chi connectivity index (χ0v) is 12.0. The van der Waals surface area contributed by atoms with Gasteiger partial charge in [-0.3, -0.25) is 0 Å².